The standard InChI is InChI=1S/C23H31ClN2O2/c1-15-10-20-17-13-18(24)21(28-9-7-8-27-6)11-16(17)12-22(23(2,3)4)26(20)14-19(15)25-5/h10-11,13-14,22,25H,1,7-9,12H2,2-6H3. The minimum Gasteiger partial charge on any atom is -0.492 e. The molecule has 2 aliphatic rings. The molecule has 4 nitrogen and oxygen atoms in total. The lowest BCUT2D eigenvalue weighted by Crippen LogP contribution is -2.46. The van der Waals surface area contributed by atoms with E-state index in [2.05, 4.69) is 55.9 Å². The zero-order chi connectivity index (χ0) is 20.5. The van der Waals surface area contributed by atoms with Crippen LogP contribution >= 0.6 is 11.6 Å². The fourth-order valence-electron chi connectivity index (χ4n) is 3.84. The van der Waals surface area contributed by atoms with Crippen molar-refractivity contribution in [3.63, 3.8) is 0 Å². The fourth-order valence-corrected chi connectivity index (χ4v) is 4.06. The van der Waals surface area contributed by atoms with E-state index in [4.69, 9.17) is 21.1 Å². The van der Waals surface area contributed by atoms with Crippen LogP contribution in [0.15, 0.2) is 42.3 Å². The van der Waals surface area contributed by atoms with Gasteiger partial charge in [0, 0.05) is 50.7 Å². The largest absolute Gasteiger partial charge is 0.492 e. The van der Waals surface area contributed by atoms with Crippen LogP contribution in [0.3, 0.4) is 0 Å². The zero-order valence-electron chi connectivity index (χ0n) is 17.6. The third kappa shape index (κ3) is 4.08. The lowest BCUT2D eigenvalue weighted by Gasteiger charge is -2.46. The quantitative estimate of drug-likeness (QED) is 0.679. The van der Waals surface area contributed by atoms with Crippen molar-refractivity contribution in [2.45, 2.75) is 39.7 Å². The van der Waals surface area contributed by atoms with E-state index >= 15 is 0 Å². The van der Waals surface area contributed by atoms with E-state index in [0.29, 0.717) is 24.3 Å². The predicted molar refractivity (Wildman–Crippen MR) is 116 cm³/mol. The number of ether oxygens (including phenoxy) is 2. The first-order chi connectivity index (χ1) is 13.3. The van der Waals surface area contributed by atoms with Crippen molar-refractivity contribution < 1.29 is 9.47 Å². The number of fused-ring (bicyclic) bond motifs is 3. The molecule has 0 amide bonds. The molecule has 0 saturated carbocycles. The molecule has 0 aliphatic carbocycles. The summed E-state index contributed by atoms with van der Waals surface area (Å²) in [7, 11) is 3.63. The molecule has 1 atom stereocenters. The van der Waals surface area contributed by atoms with Crippen LogP contribution in [0.5, 0.6) is 5.75 Å². The molecule has 152 valence electrons. The predicted octanol–water partition coefficient (Wildman–Crippen LogP) is 5.00. The molecule has 3 rings (SSSR count). The molecule has 0 bridgehead atoms. The van der Waals surface area contributed by atoms with Gasteiger partial charge in [-0.15, -0.1) is 0 Å². The summed E-state index contributed by atoms with van der Waals surface area (Å²) in [6.45, 7) is 12.3. The van der Waals surface area contributed by atoms with Gasteiger partial charge in [-0.25, -0.2) is 0 Å². The van der Waals surface area contributed by atoms with E-state index in [1.165, 1.54) is 5.56 Å². The normalized spacial score (nSPS) is 18.9. The van der Waals surface area contributed by atoms with Gasteiger partial charge in [0.15, 0.2) is 0 Å². The number of allylic oxidation sites excluding steroid dienone is 1. The second kappa shape index (κ2) is 8.22. The molecule has 1 N–H and O–H groups in total. The highest BCUT2D eigenvalue weighted by molar-refractivity contribution is 6.32. The highest BCUT2D eigenvalue weighted by Gasteiger charge is 2.38. The molecule has 0 radical (unpaired) electrons. The second-order valence-electron chi connectivity index (χ2n) is 8.48. The summed E-state index contributed by atoms with van der Waals surface area (Å²) >= 11 is 6.57. The average Bonchev–Trinajstić information content (AvgIpc) is 2.64. The summed E-state index contributed by atoms with van der Waals surface area (Å²) in [4.78, 5) is 2.37. The van der Waals surface area contributed by atoms with Gasteiger partial charge in [-0.1, -0.05) is 39.0 Å². The van der Waals surface area contributed by atoms with Gasteiger partial charge < -0.3 is 19.7 Å². The number of hydrogen-bond acceptors (Lipinski definition) is 4. The van der Waals surface area contributed by atoms with Gasteiger partial charge in [0.05, 0.1) is 17.3 Å². The molecular formula is C23H31ClN2O2. The second-order valence-corrected chi connectivity index (χ2v) is 8.88. The highest BCUT2D eigenvalue weighted by atomic mass is 35.5. The third-order valence-electron chi connectivity index (χ3n) is 5.41. The topological polar surface area (TPSA) is 33.7 Å². The number of nitrogens with one attached hydrogen (secondary N) is 1. The van der Waals surface area contributed by atoms with Crippen molar-refractivity contribution in [1.29, 1.82) is 0 Å². The molecule has 2 heterocycles. The van der Waals surface area contributed by atoms with Crippen LogP contribution in [0.25, 0.3) is 5.70 Å². The van der Waals surface area contributed by atoms with Crippen molar-refractivity contribution >= 4 is 17.3 Å². The highest BCUT2D eigenvalue weighted by Crippen LogP contribution is 2.45. The molecule has 1 aromatic rings. The molecule has 0 fully saturated rings. The summed E-state index contributed by atoms with van der Waals surface area (Å²) in [5, 5.41) is 3.89. The minimum atomic E-state index is 0.101. The summed E-state index contributed by atoms with van der Waals surface area (Å²) in [5.74, 6) is 0.749. The number of likely N-dealkylation sites (N-methyl/N-ethyl adjacent to an activating group) is 1. The van der Waals surface area contributed by atoms with Crippen molar-refractivity contribution in [2.75, 3.05) is 27.4 Å². The first kappa shape index (κ1) is 20.8. The van der Waals surface area contributed by atoms with Crippen molar-refractivity contribution in [1.82, 2.24) is 10.2 Å². The Bertz CT molecular complexity index is 821. The Morgan fingerprint density at radius 2 is 2.04 bits per heavy atom. The average molecular weight is 403 g/mol. The van der Waals surface area contributed by atoms with Gasteiger partial charge in [-0.2, -0.15) is 0 Å². The Labute approximate surface area is 173 Å². The van der Waals surface area contributed by atoms with Gasteiger partial charge in [0.2, 0.25) is 0 Å². The Balaban J connectivity index is 2.00. The van der Waals surface area contributed by atoms with E-state index in [9.17, 15) is 0 Å². The van der Waals surface area contributed by atoms with Gasteiger partial charge in [-0.05, 0) is 41.2 Å². The summed E-state index contributed by atoms with van der Waals surface area (Å²) in [6, 6.07) is 4.47. The number of halogens is 1. The molecule has 1 aromatic carbocycles. The zero-order valence-corrected chi connectivity index (χ0v) is 18.3. The maximum atomic E-state index is 6.57. The van der Waals surface area contributed by atoms with E-state index in [0.717, 1.165) is 41.1 Å². The first-order valence-electron chi connectivity index (χ1n) is 9.79. The SMILES string of the molecule is C=C1C=C2c3cc(Cl)c(OCCCOC)cc3CC(C(C)(C)C)N2C=C1NC. The maximum Gasteiger partial charge on any atom is 0.138 e. The maximum absolute atomic E-state index is 6.57. The van der Waals surface area contributed by atoms with E-state index < -0.39 is 0 Å². The Hall–Kier alpha value is -1.91. The van der Waals surface area contributed by atoms with Gasteiger partial charge in [-0.3, -0.25) is 0 Å². The molecule has 2 aliphatic heterocycles. The van der Waals surface area contributed by atoms with E-state index in [1.807, 2.05) is 13.1 Å². The summed E-state index contributed by atoms with van der Waals surface area (Å²) < 4.78 is 11.0. The molecule has 28 heavy (non-hydrogen) atoms. The van der Waals surface area contributed by atoms with Crippen LogP contribution in [0.4, 0.5) is 0 Å². The van der Waals surface area contributed by atoms with Crippen LogP contribution in [-0.4, -0.2) is 38.3 Å². The van der Waals surface area contributed by atoms with Crippen LogP contribution in [0, 0.1) is 5.41 Å². The van der Waals surface area contributed by atoms with Gasteiger partial charge in [0.1, 0.15) is 5.75 Å². The number of nitrogens with zero attached hydrogens (tertiary/aromatic N) is 1. The van der Waals surface area contributed by atoms with Crippen molar-refractivity contribution in [3.05, 3.63) is 58.4 Å². The minimum absolute atomic E-state index is 0.101. The number of methoxy groups -OCH3 is 1. The van der Waals surface area contributed by atoms with Crippen LogP contribution < -0.4 is 10.1 Å². The Morgan fingerprint density at radius 1 is 1.29 bits per heavy atom. The Morgan fingerprint density at radius 3 is 2.68 bits per heavy atom. The molecule has 0 saturated heterocycles. The summed E-state index contributed by atoms with van der Waals surface area (Å²) in [6.07, 6.45) is 6.10. The smallest absolute Gasteiger partial charge is 0.138 e. The molecule has 0 spiro atoms. The lowest BCUT2D eigenvalue weighted by molar-refractivity contribution is 0.172. The van der Waals surface area contributed by atoms with E-state index in [1.54, 1.807) is 7.11 Å². The fraction of sp³-hybridized carbons (Fsp3) is 0.478. The molecular weight excluding hydrogens is 372 g/mol. The van der Waals surface area contributed by atoms with Crippen LogP contribution in [0.1, 0.15) is 38.3 Å². The van der Waals surface area contributed by atoms with Crippen LogP contribution in [-0.2, 0) is 11.2 Å². The summed E-state index contributed by atoms with van der Waals surface area (Å²) in [5.41, 5.74) is 5.70. The van der Waals surface area contributed by atoms with Gasteiger partial charge >= 0.3 is 0 Å². The van der Waals surface area contributed by atoms with E-state index in [-0.39, 0.29) is 5.41 Å². The third-order valence-corrected chi connectivity index (χ3v) is 5.70. The number of rotatable bonds is 6. The Kier molecular flexibility index (Phi) is 6.11. The number of hydrogen-bond donors (Lipinski definition) is 1. The molecule has 5 heteroatoms. The lowest BCUT2D eigenvalue weighted by atomic mass is 9.77. The first-order valence-corrected chi connectivity index (χ1v) is 10.2. The van der Waals surface area contributed by atoms with Crippen LogP contribution in [0.2, 0.25) is 5.02 Å². The monoisotopic (exact) mass is 402 g/mol. The molecule has 0 aromatic heterocycles. The van der Waals surface area contributed by atoms with Crippen molar-refractivity contribution in [2.24, 2.45) is 5.41 Å². The van der Waals surface area contributed by atoms with Gasteiger partial charge in [0.25, 0.3) is 0 Å². The number of benzene rings is 1. The van der Waals surface area contributed by atoms with Crippen molar-refractivity contribution in [3.8, 4) is 5.75 Å². The molecule has 1 unspecified atom stereocenters.